The van der Waals surface area contributed by atoms with Crippen molar-refractivity contribution in [3.8, 4) is 11.4 Å². The van der Waals surface area contributed by atoms with Crippen LogP contribution in [-0.2, 0) is 6.54 Å². The van der Waals surface area contributed by atoms with Crippen LogP contribution in [0.2, 0.25) is 5.02 Å². The molecule has 0 radical (unpaired) electrons. The van der Waals surface area contributed by atoms with Crippen molar-refractivity contribution in [3.63, 3.8) is 0 Å². The molecule has 5 nitrogen and oxygen atoms in total. The van der Waals surface area contributed by atoms with Crippen LogP contribution in [0.25, 0.3) is 11.4 Å². The fraction of sp³-hybridized carbons (Fsp3) is 0.467. The maximum absolute atomic E-state index is 10.3. The highest BCUT2D eigenvalue weighted by Gasteiger charge is 2.51. The number of aliphatic hydroxyl groups is 1. The van der Waals surface area contributed by atoms with Crippen molar-refractivity contribution in [1.82, 2.24) is 15.0 Å². The van der Waals surface area contributed by atoms with Gasteiger partial charge in [0.15, 0.2) is 0 Å². The third kappa shape index (κ3) is 2.57. The first-order valence-electron chi connectivity index (χ1n) is 7.16. The SMILES string of the molecule is OC1(C2CC2)CN(Cc2nc(-c3cccc(Cl)c3)no2)C1. The third-order valence-corrected chi connectivity index (χ3v) is 4.48. The van der Waals surface area contributed by atoms with E-state index >= 15 is 0 Å². The molecule has 1 N–H and O–H groups in total. The van der Waals surface area contributed by atoms with Gasteiger partial charge in [-0.05, 0) is 30.9 Å². The van der Waals surface area contributed by atoms with Gasteiger partial charge < -0.3 is 9.63 Å². The number of benzene rings is 1. The minimum Gasteiger partial charge on any atom is -0.387 e. The maximum Gasteiger partial charge on any atom is 0.241 e. The smallest absolute Gasteiger partial charge is 0.241 e. The van der Waals surface area contributed by atoms with E-state index in [0.717, 1.165) is 18.4 Å². The first kappa shape index (κ1) is 13.2. The molecule has 2 aliphatic rings. The van der Waals surface area contributed by atoms with Gasteiger partial charge >= 0.3 is 0 Å². The molecule has 0 atom stereocenters. The molecule has 0 amide bonds. The normalized spacial score (nSPS) is 21.2. The molecule has 6 heteroatoms. The quantitative estimate of drug-likeness (QED) is 0.939. The van der Waals surface area contributed by atoms with Crippen LogP contribution in [0.1, 0.15) is 18.7 Å². The third-order valence-electron chi connectivity index (χ3n) is 4.24. The van der Waals surface area contributed by atoms with E-state index in [-0.39, 0.29) is 0 Å². The van der Waals surface area contributed by atoms with Gasteiger partial charge in [0, 0.05) is 23.7 Å². The molecule has 1 aromatic carbocycles. The Morgan fingerprint density at radius 3 is 2.90 bits per heavy atom. The first-order chi connectivity index (χ1) is 10.1. The Morgan fingerprint density at radius 1 is 1.38 bits per heavy atom. The van der Waals surface area contributed by atoms with Gasteiger partial charge in [0.25, 0.3) is 0 Å². The zero-order valence-corrected chi connectivity index (χ0v) is 12.3. The van der Waals surface area contributed by atoms with Crippen LogP contribution in [0, 0.1) is 5.92 Å². The number of likely N-dealkylation sites (tertiary alicyclic amines) is 1. The minimum atomic E-state index is -0.476. The lowest BCUT2D eigenvalue weighted by atomic mass is 9.89. The first-order valence-corrected chi connectivity index (χ1v) is 7.53. The standard InChI is InChI=1S/C15H16ClN3O2/c16-12-3-1-2-10(6-12)14-17-13(21-18-14)7-19-8-15(20,9-19)11-4-5-11/h1-3,6,11,20H,4-5,7-9H2. The Kier molecular flexibility index (Phi) is 3.03. The number of rotatable bonds is 4. The van der Waals surface area contributed by atoms with E-state index in [4.69, 9.17) is 16.1 Å². The van der Waals surface area contributed by atoms with E-state index in [2.05, 4.69) is 15.0 Å². The van der Waals surface area contributed by atoms with Crippen molar-refractivity contribution in [2.24, 2.45) is 5.92 Å². The van der Waals surface area contributed by atoms with E-state index in [9.17, 15) is 5.11 Å². The molecule has 0 unspecified atom stereocenters. The molecule has 2 fully saturated rings. The zero-order valence-electron chi connectivity index (χ0n) is 11.5. The van der Waals surface area contributed by atoms with Crippen molar-refractivity contribution in [2.45, 2.75) is 25.0 Å². The number of hydrogen-bond donors (Lipinski definition) is 1. The molecule has 4 rings (SSSR count). The van der Waals surface area contributed by atoms with Crippen molar-refractivity contribution >= 4 is 11.6 Å². The highest BCUT2D eigenvalue weighted by atomic mass is 35.5. The van der Waals surface area contributed by atoms with Crippen LogP contribution in [-0.4, -0.2) is 38.8 Å². The monoisotopic (exact) mass is 305 g/mol. The van der Waals surface area contributed by atoms with Gasteiger partial charge in [0.2, 0.25) is 11.7 Å². The molecule has 1 saturated carbocycles. The van der Waals surface area contributed by atoms with Gasteiger partial charge in [0.1, 0.15) is 0 Å². The summed E-state index contributed by atoms with van der Waals surface area (Å²) in [7, 11) is 0. The summed E-state index contributed by atoms with van der Waals surface area (Å²) in [5.41, 5.74) is 0.367. The molecule has 0 spiro atoms. The number of nitrogens with zero attached hydrogens (tertiary/aromatic N) is 3. The number of β-amino-alcohol motifs (C(OH)–C–C–N with tert-alkyl or cyclic N) is 1. The predicted octanol–water partition coefficient (Wildman–Crippen LogP) is 2.35. The minimum absolute atomic E-state index is 0.476. The van der Waals surface area contributed by atoms with Crippen LogP contribution in [0.4, 0.5) is 0 Å². The summed E-state index contributed by atoms with van der Waals surface area (Å²) in [6.07, 6.45) is 2.31. The topological polar surface area (TPSA) is 62.4 Å². The van der Waals surface area contributed by atoms with Gasteiger partial charge in [-0.1, -0.05) is 28.9 Å². The van der Waals surface area contributed by atoms with E-state index in [1.807, 2.05) is 24.3 Å². The average Bonchev–Trinajstić information content (AvgIpc) is 3.18. The Bertz CT molecular complexity index is 662. The molecule has 2 aromatic rings. The Balaban J connectivity index is 1.41. The van der Waals surface area contributed by atoms with E-state index < -0.39 is 5.60 Å². The molecule has 0 bridgehead atoms. The van der Waals surface area contributed by atoms with Gasteiger partial charge in [-0.3, -0.25) is 4.90 Å². The number of hydrogen-bond acceptors (Lipinski definition) is 5. The van der Waals surface area contributed by atoms with Gasteiger partial charge in [-0.25, -0.2) is 0 Å². The van der Waals surface area contributed by atoms with Crippen LogP contribution >= 0.6 is 11.6 Å². The Hall–Kier alpha value is -1.43. The number of aromatic nitrogens is 2. The summed E-state index contributed by atoms with van der Waals surface area (Å²) < 4.78 is 5.28. The summed E-state index contributed by atoms with van der Waals surface area (Å²) in [5, 5.41) is 14.9. The van der Waals surface area contributed by atoms with Gasteiger partial charge in [-0.2, -0.15) is 4.98 Å². The van der Waals surface area contributed by atoms with Crippen molar-refractivity contribution < 1.29 is 9.63 Å². The lowest BCUT2D eigenvalue weighted by Crippen LogP contribution is -2.62. The fourth-order valence-electron chi connectivity index (χ4n) is 2.97. The fourth-order valence-corrected chi connectivity index (χ4v) is 3.16. The molecule has 110 valence electrons. The van der Waals surface area contributed by atoms with E-state index in [1.165, 1.54) is 0 Å². The average molecular weight is 306 g/mol. The highest BCUT2D eigenvalue weighted by molar-refractivity contribution is 6.30. The second-order valence-corrected chi connectivity index (χ2v) is 6.48. The maximum atomic E-state index is 10.3. The van der Waals surface area contributed by atoms with Crippen LogP contribution in [0.5, 0.6) is 0 Å². The largest absolute Gasteiger partial charge is 0.387 e. The van der Waals surface area contributed by atoms with Gasteiger partial charge in [-0.15, -0.1) is 0 Å². The highest BCUT2D eigenvalue weighted by Crippen LogP contribution is 2.44. The molecule has 1 aliphatic carbocycles. The molecule has 1 aromatic heterocycles. The summed E-state index contributed by atoms with van der Waals surface area (Å²) in [4.78, 5) is 6.52. The van der Waals surface area contributed by atoms with Crippen LogP contribution in [0.3, 0.4) is 0 Å². The summed E-state index contributed by atoms with van der Waals surface area (Å²) in [6, 6.07) is 7.38. The molecular formula is C15H16ClN3O2. The summed E-state index contributed by atoms with van der Waals surface area (Å²) in [6.45, 7) is 1.99. The number of halogens is 1. The molecule has 1 saturated heterocycles. The van der Waals surface area contributed by atoms with Crippen LogP contribution in [0.15, 0.2) is 28.8 Å². The summed E-state index contributed by atoms with van der Waals surface area (Å²) in [5.74, 6) is 1.62. The summed E-state index contributed by atoms with van der Waals surface area (Å²) >= 11 is 5.96. The van der Waals surface area contributed by atoms with Crippen LogP contribution < -0.4 is 0 Å². The van der Waals surface area contributed by atoms with Gasteiger partial charge in [0.05, 0.1) is 12.1 Å². The van der Waals surface area contributed by atoms with Crippen molar-refractivity contribution in [2.75, 3.05) is 13.1 Å². The lowest BCUT2D eigenvalue weighted by Gasteiger charge is -2.46. The molecule has 2 heterocycles. The Morgan fingerprint density at radius 2 is 2.19 bits per heavy atom. The van der Waals surface area contributed by atoms with E-state index in [1.54, 1.807) is 0 Å². The zero-order chi connectivity index (χ0) is 14.4. The molecule has 21 heavy (non-hydrogen) atoms. The molecular weight excluding hydrogens is 290 g/mol. The Labute approximate surface area is 127 Å². The lowest BCUT2D eigenvalue weighted by molar-refractivity contribution is -0.119. The predicted molar refractivity (Wildman–Crippen MR) is 77.7 cm³/mol. The van der Waals surface area contributed by atoms with Crippen molar-refractivity contribution in [1.29, 1.82) is 0 Å². The van der Waals surface area contributed by atoms with E-state index in [0.29, 0.717) is 42.3 Å². The van der Waals surface area contributed by atoms with Crippen molar-refractivity contribution in [3.05, 3.63) is 35.2 Å². The second-order valence-electron chi connectivity index (χ2n) is 6.05. The second kappa shape index (κ2) is 4.80. The molecule has 1 aliphatic heterocycles.